The highest BCUT2D eigenvalue weighted by Crippen LogP contribution is 2.41. The van der Waals surface area contributed by atoms with Crippen LogP contribution in [0.1, 0.15) is 72.6 Å². The van der Waals surface area contributed by atoms with Gasteiger partial charge < -0.3 is 28.7 Å². The van der Waals surface area contributed by atoms with E-state index in [0.717, 1.165) is 80.0 Å². The van der Waals surface area contributed by atoms with Crippen molar-refractivity contribution in [2.75, 3.05) is 39.3 Å². The number of hydrogen-bond donors (Lipinski definition) is 0. The predicted octanol–water partition coefficient (Wildman–Crippen LogP) is 8.65. The molecule has 282 valence electrons. The first kappa shape index (κ1) is 38.6. The third kappa shape index (κ3) is 9.70. The van der Waals surface area contributed by atoms with Crippen molar-refractivity contribution in [3.8, 4) is 34.4 Å². The Balaban J connectivity index is 0.991. The highest BCUT2D eigenvalue weighted by Gasteiger charge is 2.47. The van der Waals surface area contributed by atoms with Gasteiger partial charge in [0.1, 0.15) is 42.1 Å². The molecule has 2 fully saturated rings. The first-order valence-electron chi connectivity index (χ1n) is 18.3. The molecular weight excluding hydrogens is 704 g/mol. The molecule has 2 aliphatic rings. The molecule has 1 aromatic heterocycles. The van der Waals surface area contributed by atoms with Gasteiger partial charge in [-0.2, -0.15) is 5.26 Å². The Morgan fingerprint density at radius 1 is 0.981 bits per heavy atom. The van der Waals surface area contributed by atoms with Crippen molar-refractivity contribution in [1.29, 1.82) is 5.26 Å². The number of benzene rings is 3. The summed E-state index contributed by atoms with van der Waals surface area (Å²) in [4.78, 5) is 32.6. The molecule has 0 bridgehead atoms. The van der Waals surface area contributed by atoms with E-state index in [0.29, 0.717) is 46.1 Å². The summed E-state index contributed by atoms with van der Waals surface area (Å²) in [5.74, 6) is 1.53. The van der Waals surface area contributed by atoms with Gasteiger partial charge in [-0.15, -0.1) is 0 Å². The van der Waals surface area contributed by atoms with Crippen molar-refractivity contribution in [1.82, 2.24) is 14.8 Å². The van der Waals surface area contributed by atoms with Gasteiger partial charge in [0.15, 0.2) is 6.29 Å². The van der Waals surface area contributed by atoms with Gasteiger partial charge in [0.05, 0.1) is 22.8 Å². The quantitative estimate of drug-likeness (QED) is 0.0979. The minimum Gasteiger partial charge on any atom is -0.494 e. The zero-order valence-corrected chi connectivity index (χ0v) is 32.2. The third-order valence-corrected chi connectivity index (χ3v) is 10.3. The fraction of sp³-hybridized carbons (Fsp3) is 0.395. The number of carbonyl (C=O) groups excluding carboxylic acids is 2. The molecule has 54 heavy (non-hydrogen) atoms. The number of amides is 1. The molecule has 0 N–H and O–H groups in total. The minimum absolute atomic E-state index is 0.117. The number of aldehydes is 1. The predicted molar refractivity (Wildman–Crippen MR) is 207 cm³/mol. The van der Waals surface area contributed by atoms with Gasteiger partial charge >= 0.3 is 6.09 Å². The van der Waals surface area contributed by atoms with Crippen LogP contribution in [0.4, 0.5) is 4.79 Å². The Morgan fingerprint density at radius 3 is 2.48 bits per heavy atom. The highest BCUT2D eigenvalue weighted by atomic mass is 35.5. The molecule has 6 rings (SSSR count). The fourth-order valence-corrected chi connectivity index (χ4v) is 7.22. The van der Waals surface area contributed by atoms with Crippen LogP contribution in [0.5, 0.6) is 17.2 Å². The van der Waals surface area contributed by atoms with Crippen LogP contribution < -0.4 is 14.2 Å². The maximum atomic E-state index is 12.4. The number of ether oxygens (including phenoxy) is 4. The van der Waals surface area contributed by atoms with Gasteiger partial charge in [0.2, 0.25) is 0 Å². The first-order chi connectivity index (χ1) is 25.9. The second-order valence-corrected chi connectivity index (χ2v) is 15.6. The Kier molecular flexibility index (Phi) is 12.1. The van der Waals surface area contributed by atoms with E-state index in [9.17, 15) is 9.59 Å². The maximum absolute atomic E-state index is 12.4. The van der Waals surface area contributed by atoms with E-state index >= 15 is 0 Å². The summed E-state index contributed by atoms with van der Waals surface area (Å²) in [5.41, 5.74) is 5.37. The average molecular weight is 751 g/mol. The van der Waals surface area contributed by atoms with Crippen molar-refractivity contribution in [3.63, 3.8) is 0 Å². The lowest BCUT2D eigenvalue weighted by Crippen LogP contribution is -2.62. The number of piperidine rings is 1. The fourth-order valence-electron chi connectivity index (χ4n) is 6.99. The molecule has 10 nitrogen and oxygen atoms in total. The second kappa shape index (κ2) is 16.9. The highest BCUT2D eigenvalue weighted by molar-refractivity contribution is 6.32. The number of hydrogen-bond acceptors (Lipinski definition) is 9. The Labute approximate surface area is 322 Å². The summed E-state index contributed by atoms with van der Waals surface area (Å²) >= 11 is 6.52. The number of pyridine rings is 1. The van der Waals surface area contributed by atoms with Crippen LogP contribution in [0.15, 0.2) is 73.1 Å². The molecule has 1 spiro atoms. The van der Waals surface area contributed by atoms with Gasteiger partial charge in [0, 0.05) is 49.1 Å². The Morgan fingerprint density at radius 2 is 1.74 bits per heavy atom. The first-order valence-corrected chi connectivity index (χ1v) is 18.7. The summed E-state index contributed by atoms with van der Waals surface area (Å²) < 4.78 is 23.9. The van der Waals surface area contributed by atoms with E-state index in [4.69, 9.17) is 35.8 Å². The van der Waals surface area contributed by atoms with E-state index in [2.05, 4.69) is 41.1 Å². The number of aromatic nitrogens is 1. The van der Waals surface area contributed by atoms with Crippen LogP contribution in [0.25, 0.3) is 11.1 Å². The van der Waals surface area contributed by atoms with Crippen LogP contribution in [0.3, 0.4) is 0 Å². The smallest absolute Gasteiger partial charge is 0.410 e. The van der Waals surface area contributed by atoms with E-state index < -0.39 is 5.60 Å². The molecule has 2 saturated heterocycles. The van der Waals surface area contributed by atoms with E-state index in [1.54, 1.807) is 18.3 Å². The minimum atomic E-state index is -0.464. The number of likely N-dealkylation sites (tertiary alicyclic amines) is 2. The van der Waals surface area contributed by atoms with Crippen molar-refractivity contribution < 1.29 is 28.5 Å². The van der Waals surface area contributed by atoms with Crippen LogP contribution in [-0.4, -0.2) is 72.1 Å². The lowest BCUT2D eigenvalue weighted by Gasteiger charge is -2.53. The zero-order chi connectivity index (χ0) is 38.3. The van der Waals surface area contributed by atoms with E-state index in [1.807, 2.05) is 49.9 Å². The molecule has 11 heteroatoms. The van der Waals surface area contributed by atoms with Gasteiger partial charge in [-0.1, -0.05) is 41.9 Å². The molecule has 4 aromatic rings. The number of carbonyl (C=O) groups is 2. The van der Waals surface area contributed by atoms with Crippen molar-refractivity contribution in [2.24, 2.45) is 5.41 Å². The molecule has 3 heterocycles. The molecule has 0 radical (unpaired) electrons. The summed E-state index contributed by atoms with van der Waals surface area (Å²) in [6, 6.07) is 21.2. The van der Waals surface area contributed by atoms with Crippen molar-refractivity contribution in [2.45, 2.75) is 65.8 Å². The van der Waals surface area contributed by atoms with Crippen LogP contribution in [0, 0.1) is 23.7 Å². The molecule has 0 saturated carbocycles. The second-order valence-electron chi connectivity index (χ2n) is 15.2. The molecule has 1 amide bonds. The number of nitrogens with zero attached hydrogens (tertiary/aromatic N) is 4. The van der Waals surface area contributed by atoms with E-state index in [1.165, 1.54) is 12.3 Å². The molecule has 0 atom stereocenters. The van der Waals surface area contributed by atoms with Gasteiger partial charge in [0.25, 0.3) is 0 Å². The SMILES string of the molecule is Cc1c(COc2cc(OCc3cncc(C#N)c3)c(C=O)cc2Cl)cccc1-c1cccc(OCCCN2CCC3(CC2)CN(C(=O)OC(C)(C)C)C3)c1. The zero-order valence-electron chi connectivity index (χ0n) is 31.4. The number of rotatable bonds is 13. The van der Waals surface area contributed by atoms with Gasteiger partial charge in [-0.3, -0.25) is 9.78 Å². The molecular formula is C43H47ClN4O6. The summed E-state index contributed by atoms with van der Waals surface area (Å²) in [6.07, 6.45) is 6.71. The van der Waals surface area contributed by atoms with Crippen LogP contribution >= 0.6 is 11.6 Å². The lowest BCUT2D eigenvalue weighted by atomic mass is 9.72. The van der Waals surface area contributed by atoms with E-state index in [-0.39, 0.29) is 24.7 Å². The molecule has 0 unspecified atom stereocenters. The van der Waals surface area contributed by atoms with Crippen molar-refractivity contribution in [3.05, 3.63) is 106 Å². The molecule has 2 aliphatic heterocycles. The maximum Gasteiger partial charge on any atom is 0.410 e. The summed E-state index contributed by atoms with van der Waals surface area (Å²) in [5, 5.41) is 9.46. The topological polar surface area (TPSA) is 114 Å². The number of halogens is 1. The number of nitriles is 1. The normalized spacial score (nSPS) is 15.2. The monoisotopic (exact) mass is 750 g/mol. The molecule has 3 aromatic carbocycles. The van der Waals surface area contributed by atoms with Crippen molar-refractivity contribution >= 4 is 24.0 Å². The van der Waals surface area contributed by atoms with Gasteiger partial charge in [-0.05, 0) is 107 Å². The standard InChI is InChI=1S/C43H47ClN4O6/c1-30-34(27-53-40-21-39(35(25-49)20-38(40)44)52-26-32-18-31(22-45)23-46-24-32)9-6-11-37(30)33-8-5-10-36(19-33)51-17-7-14-47-15-12-43(13-16-47)28-48(29-43)41(50)54-42(2,3)4/h5-6,8-11,18-21,23-25H,7,12-17,26-29H2,1-4H3. The Hall–Kier alpha value is -5.11. The van der Waals surface area contributed by atoms with Gasteiger partial charge in [-0.25, -0.2) is 4.79 Å². The largest absolute Gasteiger partial charge is 0.494 e. The average Bonchev–Trinajstić information content (AvgIpc) is 3.14. The third-order valence-electron chi connectivity index (χ3n) is 9.99. The summed E-state index contributed by atoms with van der Waals surface area (Å²) in [7, 11) is 0. The molecule has 0 aliphatic carbocycles. The van der Waals surface area contributed by atoms with Crippen LogP contribution in [-0.2, 0) is 18.0 Å². The lowest BCUT2D eigenvalue weighted by molar-refractivity contribution is -0.0594. The van der Waals surface area contributed by atoms with Crippen LogP contribution in [0.2, 0.25) is 5.02 Å². The Bertz CT molecular complexity index is 2010. The summed E-state index contributed by atoms with van der Waals surface area (Å²) in [6.45, 7) is 13.4.